The number of hydrogen-bond acceptors (Lipinski definition) is 6. The van der Waals surface area contributed by atoms with Crippen molar-refractivity contribution in [3.63, 3.8) is 0 Å². The minimum Gasteiger partial charge on any atom is -0.432 e. The Balaban J connectivity index is 2.40. The van der Waals surface area contributed by atoms with Crippen LogP contribution in [0.15, 0.2) is 30.6 Å². The summed E-state index contributed by atoms with van der Waals surface area (Å²) in [5.41, 5.74) is -0.286. The molecule has 0 fully saturated rings. The van der Waals surface area contributed by atoms with Crippen molar-refractivity contribution in [1.82, 2.24) is 9.97 Å². The molecule has 0 saturated carbocycles. The summed E-state index contributed by atoms with van der Waals surface area (Å²) in [6.45, 7) is 0. The second kappa shape index (κ2) is 5.05. The van der Waals surface area contributed by atoms with Gasteiger partial charge in [-0.15, -0.1) is 0 Å². The number of nitro benzene ring substituents is 1. The number of ether oxygens (including phenoxy) is 1. The van der Waals surface area contributed by atoms with Crippen LogP contribution in [0.1, 0.15) is 5.56 Å². The molecule has 0 atom stereocenters. The van der Waals surface area contributed by atoms with Crippen LogP contribution in [-0.2, 0) is 0 Å². The van der Waals surface area contributed by atoms with Crippen LogP contribution in [0.4, 0.5) is 10.1 Å². The van der Waals surface area contributed by atoms with Gasteiger partial charge in [0, 0.05) is 6.07 Å². The molecule has 2 rings (SSSR count). The zero-order chi connectivity index (χ0) is 13.8. The Morgan fingerprint density at radius 2 is 2.16 bits per heavy atom. The van der Waals surface area contributed by atoms with Crippen molar-refractivity contribution in [3.8, 4) is 17.7 Å². The smallest absolute Gasteiger partial charge is 0.312 e. The molecule has 0 saturated heterocycles. The van der Waals surface area contributed by atoms with Gasteiger partial charge in [0.2, 0.25) is 17.6 Å². The molecule has 0 spiro atoms. The van der Waals surface area contributed by atoms with Gasteiger partial charge in [-0.25, -0.2) is 9.97 Å². The minimum absolute atomic E-state index is 0.118. The van der Waals surface area contributed by atoms with Gasteiger partial charge in [0.05, 0.1) is 22.6 Å². The summed E-state index contributed by atoms with van der Waals surface area (Å²) in [5.74, 6) is -1.12. The van der Waals surface area contributed by atoms with E-state index in [9.17, 15) is 14.5 Å². The van der Waals surface area contributed by atoms with E-state index in [2.05, 4.69) is 9.97 Å². The first-order chi connectivity index (χ1) is 9.10. The lowest BCUT2D eigenvalue weighted by molar-refractivity contribution is -0.385. The number of aromatic nitrogens is 2. The topological polar surface area (TPSA) is 102 Å². The van der Waals surface area contributed by atoms with E-state index in [1.165, 1.54) is 12.1 Å². The van der Waals surface area contributed by atoms with Crippen molar-refractivity contribution in [1.29, 1.82) is 5.26 Å². The van der Waals surface area contributed by atoms with E-state index in [1.54, 1.807) is 6.07 Å². The maximum Gasteiger partial charge on any atom is 0.312 e. The van der Waals surface area contributed by atoms with Crippen LogP contribution in [-0.4, -0.2) is 14.9 Å². The first-order valence-corrected chi connectivity index (χ1v) is 4.94. The lowest BCUT2D eigenvalue weighted by Gasteiger charge is -2.04. The zero-order valence-electron chi connectivity index (χ0n) is 9.28. The number of hydrogen-bond donors (Lipinski definition) is 0. The molecular weight excluding hydrogens is 255 g/mol. The van der Waals surface area contributed by atoms with E-state index < -0.39 is 16.6 Å². The summed E-state index contributed by atoms with van der Waals surface area (Å²) >= 11 is 0. The number of nitrogens with zero attached hydrogens (tertiary/aromatic N) is 4. The van der Waals surface area contributed by atoms with Gasteiger partial charge in [0.25, 0.3) is 0 Å². The Hall–Kier alpha value is -3.08. The molecule has 1 aromatic heterocycles. The standard InChI is InChI=1S/C11H5FN4O3/c12-10-4-11(15-6-14-10)19-9-2-1-7(5-13)3-8(9)16(17)18/h1-4,6H. The fourth-order valence-electron chi connectivity index (χ4n) is 1.30. The lowest BCUT2D eigenvalue weighted by atomic mass is 10.2. The third-order valence-electron chi connectivity index (χ3n) is 2.11. The fourth-order valence-corrected chi connectivity index (χ4v) is 1.30. The SMILES string of the molecule is N#Cc1ccc(Oc2cc(F)ncn2)c([N+](=O)[O-])c1. The molecule has 0 bridgehead atoms. The van der Waals surface area contributed by atoms with Crippen LogP contribution >= 0.6 is 0 Å². The van der Waals surface area contributed by atoms with Crippen LogP contribution in [0.5, 0.6) is 11.6 Å². The second-order valence-electron chi connectivity index (χ2n) is 3.33. The third kappa shape index (κ3) is 2.78. The van der Waals surface area contributed by atoms with E-state index in [-0.39, 0.29) is 17.2 Å². The van der Waals surface area contributed by atoms with Crippen molar-refractivity contribution >= 4 is 5.69 Å². The van der Waals surface area contributed by atoms with Gasteiger partial charge in [0.1, 0.15) is 6.33 Å². The van der Waals surface area contributed by atoms with E-state index in [1.807, 2.05) is 0 Å². The zero-order valence-corrected chi connectivity index (χ0v) is 9.28. The predicted octanol–water partition coefficient (Wildman–Crippen LogP) is 2.19. The monoisotopic (exact) mass is 260 g/mol. The Morgan fingerprint density at radius 1 is 1.37 bits per heavy atom. The number of halogens is 1. The van der Waals surface area contributed by atoms with Crippen molar-refractivity contribution in [2.75, 3.05) is 0 Å². The molecule has 0 radical (unpaired) electrons. The number of rotatable bonds is 3. The van der Waals surface area contributed by atoms with Gasteiger partial charge < -0.3 is 4.74 Å². The number of nitriles is 1. The van der Waals surface area contributed by atoms with Gasteiger partial charge in [-0.1, -0.05) is 0 Å². The molecule has 94 valence electrons. The minimum atomic E-state index is -0.818. The second-order valence-corrected chi connectivity index (χ2v) is 3.33. The average molecular weight is 260 g/mol. The summed E-state index contributed by atoms with van der Waals surface area (Å²) in [4.78, 5) is 17.0. The molecule has 0 aliphatic carbocycles. The first kappa shape index (κ1) is 12.4. The highest BCUT2D eigenvalue weighted by Gasteiger charge is 2.17. The normalized spacial score (nSPS) is 9.68. The van der Waals surface area contributed by atoms with Crippen molar-refractivity contribution in [2.24, 2.45) is 0 Å². The van der Waals surface area contributed by atoms with Crippen LogP contribution in [0.2, 0.25) is 0 Å². The van der Waals surface area contributed by atoms with E-state index in [0.717, 1.165) is 18.5 Å². The van der Waals surface area contributed by atoms with E-state index >= 15 is 0 Å². The Kier molecular flexibility index (Phi) is 3.29. The maximum absolute atomic E-state index is 12.8. The molecule has 1 heterocycles. The van der Waals surface area contributed by atoms with Gasteiger partial charge in [0.15, 0.2) is 0 Å². The summed E-state index contributed by atoms with van der Waals surface area (Å²) in [5, 5.41) is 19.5. The van der Waals surface area contributed by atoms with Crippen molar-refractivity contribution in [2.45, 2.75) is 0 Å². The van der Waals surface area contributed by atoms with Crippen molar-refractivity contribution < 1.29 is 14.1 Å². The van der Waals surface area contributed by atoms with Crippen LogP contribution in [0.25, 0.3) is 0 Å². The number of benzene rings is 1. The Bertz CT molecular complexity index is 684. The summed E-state index contributed by atoms with van der Waals surface area (Å²) in [6.07, 6.45) is 0.931. The molecule has 0 amide bonds. The fraction of sp³-hybridized carbons (Fsp3) is 0. The highest BCUT2D eigenvalue weighted by atomic mass is 19.1. The van der Waals surface area contributed by atoms with Crippen molar-refractivity contribution in [3.05, 3.63) is 52.2 Å². The van der Waals surface area contributed by atoms with E-state index in [4.69, 9.17) is 10.00 Å². The molecule has 7 nitrogen and oxygen atoms in total. The highest BCUT2D eigenvalue weighted by molar-refractivity contribution is 5.52. The molecule has 0 aliphatic heterocycles. The number of nitro groups is 1. The molecule has 8 heteroatoms. The summed E-state index contributed by atoms with van der Waals surface area (Å²) in [6, 6.07) is 6.32. The van der Waals surface area contributed by atoms with Gasteiger partial charge in [-0.2, -0.15) is 9.65 Å². The molecule has 0 unspecified atom stereocenters. The van der Waals surface area contributed by atoms with Gasteiger partial charge in [-0.05, 0) is 12.1 Å². The molecule has 0 aliphatic rings. The molecule has 1 aromatic carbocycles. The third-order valence-corrected chi connectivity index (χ3v) is 2.11. The van der Waals surface area contributed by atoms with Crippen LogP contribution in [0.3, 0.4) is 0 Å². The van der Waals surface area contributed by atoms with Gasteiger partial charge in [-0.3, -0.25) is 10.1 Å². The van der Waals surface area contributed by atoms with Gasteiger partial charge >= 0.3 is 5.69 Å². The maximum atomic E-state index is 12.8. The Labute approximate surface area is 106 Å². The first-order valence-electron chi connectivity index (χ1n) is 4.94. The van der Waals surface area contributed by atoms with Crippen LogP contribution in [0, 0.1) is 27.4 Å². The highest BCUT2D eigenvalue weighted by Crippen LogP contribution is 2.31. The molecular formula is C11H5FN4O3. The van der Waals surface area contributed by atoms with Crippen LogP contribution < -0.4 is 4.74 Å². The summed E-state index contributed by atoms with van der Waals surface area (Å²) < 4.78 is 17.9. The van der Waals surface area contributed by atoms with E-state index in [0.29, 0.717) is 0 Å². The molecule has 0 N–H and O–H groups in total. The average Bonchev–Trinajstić information content (AvgIpc) is 2.39. The molecule has 19 heavy (non-hydrogen) atoms. The Morgan fingerprint density at radius 3 is 2.79 bits per heavy atom. The molecule has 2 aromatic rings. The summed E-state index contributed by atoms with van der Waals surface area (Å²) in [7, 11) is 0. The largest absolute Gasteiger partial charge is 0.432 e. The lowest BCUT2D eigenvalue weighted by Crippen LogP contribution is -1.96. The quantitative estimate of drug-likeness (QED) is 0.476. The predicted molar refractivity (Wildman–Crippen MR) is 59.9 cm³/mol.